The fourth-order valence-corrected chi connectivity index (χ4v) is 3.71. The van der Waals surface area contributed by atoms with Crippen molar-refractivity contribution in [2.24, 2.45) is 0 Å². The topological polar surface area (TPSA) is 62.2 Å². The number of benzene rings is 1. The maximum atomic E-state index is 11.5. The molecule has 0 saturated carbocycles. The van der Waals surface area contributed by atoms with Crippen molar-refractivity contribution >= 4 is 17.5 Å². The molecule has 1 fully saturated rings. The predicted octanol–water partition coefficient (Wildman–Crippen LogP) is 2.44. The second kappa shape index (κ2) is 8.87. The van der Waals surface area contributed by atoms with Crippen LogP contribution in [0.3, 0.4) is 0 Å². The van der Waals surface area contributed by atoms with Crippen molar-refractivity contribution in [3.8, 4) is 5.69 Å². The Bertz CT molecular complexity index is 778. The number of carbonyl (C=O) groups is 1. The molecule has 2 N–H and O–H groups in total. The first kappa shape index (κ1) is 19.9. The lowest BCUT2D eigenvalue weighted by Crippen LogP contribution is -2.45. The molecule has 7 heteroatoms. The van der Waals surface area contributed by atoms with Crippen LogP contribution < -0.4 is 10.6 Å². The van der Waals surface area contributed by atoms with Crippen LogP contribution in [0.1, 0.15) is 29.8 Å². The quantitative estimate of drug-likeness (QED) is 0.796. The zero-order chi connectivity index (χ0) is 19.4. The third-order valence-corrected chi connectivity index (χ3v) is 5.57. The summed E-state index contributed by atoms with van der Waals surface area (Å²) in [4.78, 5) is 13.7. The summed E-state index contributed by atoms with van der Waals surface area (Å²) in [6, 6.07) is 8.22. The molecule has 0 bridgehead atoms. The molecule has 0 aliphatic carbocycles. The summed E-state index contributed by atoms with van der Waals surface area (Å²) in [5.41, 5.74) is 4.47. The van der Waals surface area contributed by atoms with Crippen LogP contribution >= 0.6 is 11.6 Å². The number of amides is 1. The minimum atomic E-state index is 0.0854. The summed E-state index contributed by atoms with van der Waals surface area (Å²) in [5, 5.41) is 11.8. The van der Waals surface area contributed by atoms with Crippen LogP contribution in [0.25, 0.3) is 5.69 Å². The lowest BCUT2D eigenvalue weighted by Gasteiger charge is -2.31. The average molecular weight is 390 g/mol. The van der Waals surface area contributed by atoms with Crippen LogP contribution in [-0.4, -0.2) is 53.3 Å². The number of piperidine rings is 1. The molecule has 2 aromatic rings. The molecule has 0 spiro atoms. The number of carbonyl (C=O) groups excluding carboxylic acids is 1. The van der Waals surface area contributed by atoms with Crippen LogP contribution in [0.2, 0.25) is 5.02 Å². The van der Waals surface area contributed by atoms with E-state index in [9.17, 15) is 4.79 Å². The smallest absolute Gasteiger partial charge is 0.233 e. The van der Waals surface area contributed by atoms with E-state index in [1.807, 2.05) is 28.9 Å². The zero-order valence-corrected chi connectivity index (χ0v) is 17.0. The summed E-state index contributed by atoms with van der Waals surface area (Å²) in [6.45, 7) is 7.38. The highest BCUT2D eigenvalue weighted by Crippen LogP contribution is 2.20. The van der Waals surface area contributed by atoms with Crippen LogP contribution in [-0.2, 0) is 11.3 Å². The lowest BCUT2D eigenvalue weighted by atomic mass is 10.0. The van der Waals surface area contributed by atoms with Gasteiger partial charge < -0.3 is 10.6 Å². The van der Waals surface area contributed by atoms with Crippen molar-refractivity contribution < 1.29 is 4.79 Å². The summed E-state index contributed by atoms with van der Waals surface area (Å²) < 4.78 is 1.98. The molecule has 0 radical (unpaired) electrons. The number of halogens is 1. The molecule has 0 atom stereocenters. The van der Waals surface area contributed by atoms with Gasteiger partial charge in [-0.3, -0.25) is 9.69 Å². The minimum Gasteiger partial charge on any atom is -0.358 e. The first-order valence-electron chi connectivity index (χ1n) is 9.45. The van der Waals surface area contributed by atoms with Crippen molar-refractivity contribution in [3.63, 3.8) is 0 Å². The van der Waals surface area contributed by atoms with E-state index in [2.05, 4.69) is 29.4 Å². The zero-order valence-electron chi connectivity index (χ0n) is 16.3. The van der Waals surface area contributed by atoms with Gasteiger partial charge in [0, 0.05) is 49.0 Å². The largest absolute Gasteiger partial charge is 0.358 e. The standard InChI is InChI=1S/C20H28ClN5O/c1-14-19(15(2)26(24-14)18-6-4-16(21)5-7-18)12-23-17-8-10-25(11-9-17)13-20(27)22-3/h4-7,17,23H,8-13H2,1-3H3,(H,22,27). The third-order valence-electron chi connectivity index (χ3n) is 5.31. The van der Waals surface area contributed by atoms with Crippen LogP contribution in [0.5, 0.6) is 0 Å². The molecule has 1 aliphatic rings. The SMILES string of the molecule is CNC(=O)CN1CCC(NCc2c(C)nn(-c3ccc(Cl)cc3)c2C)CC1. The normalized spacial score (nSPS) is 15.9. The predicted molar refractivity (Wildman–Crippen MR) is 108 cm³/mol. The van der Waals surface area contributed by atoms with E-state index in [0.717, 1.165) is 54.6 Å². The number of hydrogen-bond acceptors (Lipinski definition) is 4. The fraction of sp³-hybridized carbons (Fsp3) is 0.500. The Morgan fingerprint density at radius 3 is 2.52 bits per heavy atom. The molecule has 2 heterocycles. The molecule has 1 saturated heterocycles. The number of nitrogens with one attached hydrogen (secondary N) is 2. The van der Waals surface area contributed by atoms with Gasteiger partial charge in [-0.25, -0.2) is 4.68 Å². The summed E-state index contributed by atoms with van der Waals surface area (Å²) in [6.07, 6.45) is 2.11. The molecule has 3 rings (SSSR count). The molecule has 6 nitrogen and oxygen atoms in total. The minimum absolute atomic E-state index is 0.0854. The van der Waals surface area contributed by atoms with Gasteiger partial charge in [0.2, 0.25) is 5.91 Å². The van der Waals surface area contributed by atoms with E-state index in [1.54, 1.807) is 7.05 Å². The van der Waals surface area contributed by atoms with E-state index in [0.29, 0.717) is 12.6 Å². The number of aryl methyl sites for hydroxylation is 1. The lowest BCUT2D eigenvalue weighted by molar-refractivity contribution is -0.122. The number of likely N-dealkylation sites (tertiary alicyclic amines) is 1. The molecule has 1 aromatic carbocycles. The van der Waals surface area contributed by atoms with Crippen LogP contribution in [0.4, 0.5) is 0 Å². The summed E-state index contributed by atoms with van der Waals surface area (Å²) >= 11 is 5.99. The second-order valence-electron chi connectivity index (χ2n) is 7.14. The highest BCUT2D eigenvalue weighted by Gasteiger charge is 2.21. The molecule has 1 amide bonds. The molecule has 146 valence electrons. The third kappa shape index (κ3) is 4.89. The Balaban J connectivity index is 1.58. The summed E-state index contributed by atoms with van der Waals surface area (Å²) in [7, 11) is 1.69. The monoisotopic (exact) mass is 389 g/mol. The van der Waals surface area contributed by atoms with Crippen molar-refractivity contribution in [1.82, 2.24) is 25.3 Å². The van der Waals surface area contributed by atoms with Gasteiger partial charge in [-0.2, -0.15) is 5.10 Å². The maximum absolute atomic E-state index is 11.5. The van der Waals surface area contributed by atoms with Crippen molar-refractivity contribution in [3.05, 3.63) is 46.2 Å². The number of nitrogens with zero attached hydrogens (tertiary/aromatic N) is 3. The highest BCUT2D eigenvalue weighted by molar-refractivity contribution is 6.30. The molecule has 1 aliphatic heterocycles. The van der Waals surface area contributed by atoms with Crippen LogP contribution in [0.15, 0.2) is 24.3 Å². The van der Waals surface area contributed by atoms with Crippen molar-refractivity contribution in [2.75, 3.05) is 26.7 Å². The number of hydrogen-bond donors (Lipinski definition) is 2. The van der Waals surface area contributed by atoms with Crippen LogP contribution in [0, 0.1) is 13.8 Å². The van der Waals surface area contributed by atoms with E-state index in [-0.39, 0.29) is 5.91 Å². The first-order valence-corrected chi connectivity index (χ1v) is 9.83. The van der Waals surface area contributed by atoms with E-state index in [1.165, 1.54) is 5.56 Å². The number of aromatic nitrogens is 2. The van der Waals surface area contributed by atoms with Crippen molar-refractivity contribution in [2.45, 2.75) is 39.3 Å². The molecule has 27 heavy (non-hydrogen) atoms. The Labute approximate surface area is 165 Å². The molecule has 0 unspecified atom stereocenters. The first-order chi connectivity index (χ1) is 13.0. The molecule has 1 aromatic heterocycles. The molecular formula is C20H28ClN5O. The highest BCUT2D eigenvalue weighted by atomic mass is 35.5. The van der Waals surface area contributed by atoms with E-state index < -0.39 is 0 Å². The summed E-state index contributed by atoms with van der Waals surface area (Å²) in [5.74, 6) is 0.0854. The molecular weight excluding hydrogens is 362 g/mol. The fourth-order valence-electron chi connectivity index (χ4n) is 3.59. The van der Waals surface area contributed by atoms with Gasteiger partial charge in [-0.05, 0) is 51.0 Å². The van der Waals surface area contributed by atoms with Gasteiger partial charge in [0.1, 0.15) is 0 Å². The Morgan fingerprint density at radius 1 is 1.22 bits per heavy atom. The van der Waals surface area contributed by atoms with Gasteiger partial charge in [0.05, 0.1) is 17.9 Å². The van der Waals surface area contributed by atoms with Gasteiger partial charge in [-0.15, -0.1) is 0 Å². The average Bonchev–Trinajstić information content (AvgIpc) is 2.95. The number of likely N-dealkylation sites (N-methyl/N-ethyl adjacent to an activating group) is 1. The van der Waals surface area contributed by atoms with Gasteiger partial charge in [0.25, 0.3) is 0 Å². The van der Waals surface area contributed by atoms with Crippen molar-refractivity contribution in [1.29, 1.82) is 0 Å². The van der Waals surface area contributed by atoms with Gasteiger partial charge in [0.15, 0.2) is 0 Å². The number of rotatable bonds is 6. The second-order valence-corrected chi connectivity index (χ2v) is 7.58. The Morgan fingerprint density at radius 2 is 1.89 bits per heavy atom. The maximum Gasteiger partial charge on any atom is 0.233 e. The van der Waals surface area contributed by atoms with E-state index >= 15 is 0 Å². The van der Waals surface area contributed by atoms with Gasteiger partial charge >= 0.3 is 0 Å². The Hall–Kier alpha value is -1.89. The van der Waals surface area contributed by atoms with Gasteiger partial charge in [-0.1, -0.05) is 11.6 Å². The Kier molecular flexibility index (Phi) is 6.52. The van der Waals surface area contributed by atoms with E-state index in [4.69, 9.17) is 16.7 Å².